The van der Waals surface area contributed by atoms with Crippen LogP contribution in [0, 0.1) is 5.82 Å². The summed E-state index contributed by atoms with van der Waals surface area (Å²) in [6.07, 6.45) is 2.31. The van der Waals surface area contributed by atoms with E-state index < -0.39 is 0 Å². The Morgan fingerprint density at radius 2 is 1.76 bits per heavy atom. The van der Waals surface area contributed by atoms with Crippen LogP contribution in [-0.2, 0) is 13.1 Å². The van der Waals surface area contributed by atoms with Crippen LogP contribution in [-0.4, -0.2) is 21.5 Å². The maximum absolute atomic E-state index is 13.1. The van der Waals surface area contributed by atoms with Crippen LogP contribution in [0.4, 0.5) is 4.39 Å². The van der Waals surface area contributed by atoms with Gasteiger partial charge in [-0.2, -0.15) is 15.0 Å². The fourth-order valence-corrected chi connectivity index (χ4v) is 2.65. The van der Waals surface area contributed by atoms with Gasteiger partial charge in [-0.05, 0) is 30.7 Å². The molecule has 0 spiro atoms. The molecule has 1 aromatic heterocycles. The normalized spacial score (nSPS) is 11.0. The quantitative estimate of drug-likeness (QED) is 0.631. The summed E-state index contributed by atoms with van der Waals surface area (Å²) < 4.78 is 13.1. The Balaban J connectivity index is 1.81. The number of benzene rings is 2. The van der Waals surface area contributed by atoms with Crippen LogP contribution in [0.1, 0.15) is 31.0 Å². The van der Waals surface area contributed by atoms with Gasteiger partial charge in [0.2, 0.25) is 0 Å². The van der Waals surface area contributed by atoms with Gasteiger partial charge in [0, 0.05) is 12.1 Å². The number of hydrogen-bond acceptors (Lipinski definition) is 3. The van der Waals surface area contributed by atoms with Crippen molar-refractivity contribution in [1.29, 1.82) is 0 Å². The lowest BCUT2D eigenvalue weighted by Crippen LogP contribution is -2.15. The van der Waals surface area contributed by atoms with Crippen LogP contribution in [0.2, 0.25) is 0 Å². The van der Waals surface area contributed by atoms with Gasteiger partial charge in [-0.1, -0.05) is 55.8 Å². The van der Waals surface area contributed by atoms with Crippen molar-refractivity contribution in [3.8, 4) is 11.3 Å². The monoisotopic (exact) mass is 338 g/mol. The molecule has 1 N–H and O–H groups in total. The predicted molar refractivity (Wildman–Crippen MR) is 97.6 cm³/mol. The molecule has 25 heavy (non-hydrogen) atoms. The molecular formula is C20H23FN4. The molecule has 0 aliphatic rings. The van der Waals surface area contributed by atoms with E-state index in [2.05, 4.69) is 22.4 Å². The lowest BCUT2D eigenvalue weighted by atomic mass is 10.1. The van der Waals surface area contributed by atoms with Crippen LogP contribution in [0.3, 0.4) is 0 Å². The Morgan fingerprint density at radius 1 is 1.00 bits per heavy atom. The van der Waals surface area contributed by atoms with Crippen LogP contribution >= 0.6 is 0 Å². The van der Waals surface area contributed by atoms with Crippen LogP contribution in [0.25, 0.3) is 11.3 Å². The van der Waals surface area contributed by atoms with Crippen LogP contribution < -0.4 is 5.32 Å². The molecule has 0 unspecified atom stereocenters. The van der Waals surface area contributed by atoms with Gasteiger partial charge < -0.3 is 5.32 Å². The van der Waals surface area contributed by atoms with Crippen LogP contribution in [0.5, 0.6) is 0 Å². The highest BCUT2D eigenvalue weighted by atomic mass is 19.1. The molecule has 130 valence electrons. The minimum absolute atomic E-state index is 0.233. The zero-order valence-corrected chi connectivity index (χ0v) is 14.5. The minimum atomic E-state index is -0.233. The summed E-state index contributed by atoms with van der Waals surface area (Å²) in [5.41, 5.74) is 3.86. The molecule has 0 fully saturated rings. The molecule has 4 nitrogen and oxygen atoms in total. The zero-order valence-electron chi connectivity index (χ0n) is 14.5. The summed E-state index contributed by atoms with van der Waals surface area (Å²) in [5, 5.41) is 12.8. The zero-order chi connectivity index (χ0) is 17.5. The average Bonchev–Trinajstić information content (AvgIpc) is 3.04. The molecule has 0 atom stereocenters. The van der Waals surface area contributed by atoms with E-state index in [9.17, 15) is 4.39 Å². The van der Waals surface area contributed by atoms with Crippen molar-refractivity contribution in [3.63, 3.8) is 0 Å². The Bertz CT molecular complexity index is 781. The van der Waals surface area contributed by atoms with E-state index in [1.807, 2.05) is 30.3 Å². The van der Waals surface area contributed by atoms with Gasteiger partial charge in [0.15, 0.2) is 0 Å². The fraction of sp³-hybridized carbons (Fsp3) is 0.300. The van der Waals surface area contributed by atoms with Crippen LogP contribution in [0.15, 0.2) is 54.6 Å². The molecule has 0 aliphatic carbocycles. The molecule has 3 rings (SSSR count). The number of nitrogens with zero attached hydrogens (tertiary/aromatic N) is 3. The molecule has 0 aliphatic heterocycles. The highest BCUT2D eigenvalue weighted by Gasteiger charge is 2.13. The van der Waals surface area contributed by atoms with Crippen molar-refractivity contribution >= 4 is 0 Å². The maximum Gasteiger partial charge on any atom is 0.123 e. The molecule has 3 aromatic rings. The molecule has 0 radical (unpaired) electrons. The second-order valence-corrected chi connectivity index (χ2v) is 6.05. The first-order chi connectivity index (χ1) is 12.3. The number of hydrogen-bond donors (Lipinski definition) is 1. The molecule has 0 saturated heterocycles. The standard InChI is InChI=1S/C20H23FN4/c1-2-3-13-22-14-19-20(17-7-5-4-6-8-17)24-25(23-19)15-16-9-11-18(21)12-10-16/h4-12,22H,2-3,13-15H2,1H3. The Hall–Kier alpha value is -2.53. The average molecular weight is 338 g/mol. The summed E-state index contributed by atoms with van der Waals surface area (Å²) in [7, 11) is 0. The maximum atomic E-state index is 13.1. The van der Waals surface area contributed by atoms with Gasteiger partial charge in [-0.25, -0.2) is 4.39 Å². The lowest BCUT2D eigenvalue weighted by molar-refractivity contribution is 0.571. The highest BCUT2D eigenvalue weighted by molar-refractivity contribution is 5.60. The summed E-state index contributed by atoms with van der Waals surface area (Å²) in [5.74, 6) is -0.233. The van der Waals surface area contributed by atoms with E-state index >= 15 is 0 Å². The second kappa shape index (κ2) is 8.53. The third-order valence-corrected chi connectivity index (χ3v) is 4.01. The number of aromatic nitrogens is 3. The Morgan fingerprint density at radius 3 is 2.48 bits per heavy atom. The summed E-state index contributed by atoms with van der Waals surface area (Å²) in [6, 6.07) is 16.5. The molecular weight excluding hydrogens is 315 g/mol. The van der Waals surface area contributed by atoms with Gasteiger partial charge in [-0.15, -0.1) is 0 Å². The first kappa shape index (κ1) is 17.3. The van der Waals surface area contributed by atoms with Gasteiger partial charge in [0.05, 0.1) is 6.54 Å². The van der Waals surface area contributed by atoms with Crippen molar-refractivity contribution in [3.05, 3.63) is 71.7 Å². The summed E-state index contributed by atoms with van der Waals surface area (Å²) in [6.45, 7) is 4.36. The third kappa shape index (κ3) is 4.73. The topological polar surface area (TPSA) is 42.7 Å². The van der Waals surface area contributed by atoms with E-state index in [1.165, 1.54) is 12.1 Å². The largest absolute Gasteiger partial charge is 0.311 e. The number of unbranched alkanes of at least 4 members (excludes halogenated alkanes) is 1. The highest BCUT2D eigenvalue weighted by Crippen LogP contribution is 2.20. The number of rotatable bonds is 8. The third-order valence-electron chi connectivity index (χ3n) is 4.01. The van der Waals surface area contributed by atoms with E-state index in [-0.39, 0.29) is 5.82 Å². The van der Waals surface area contributed by atoms with E-state index in [4.69, 9.17) is 0 Å². The summed E-state index contributed by atoms with van der Waals surface area (Å²) >= 11 is 0. The minimum Gasteiger partial charge on any atom is -0.311 e. The molecule has 0 amide bonds. The van der Waals surface area contributed by atoms with Crippen molar-refractivity contribution in [2.75, 3.05) is 6.54 Å². The van der Waals surface area contributed by atoms with Gasteiger partial charge in [-0.3, -0.25) is 0 Å². The smallest absolute Gasteiger partial charge is 0.123 e. The lowest BCUT2D eigenvalue weighted by Gasteiger charge is -2.03. The SMILES string of the molecule is CCCCNCc1nn(Cc2ccc(F)cc2)nc1-c1ccccc1. The molecule has 5 heteroatoms. The molecule has 1 heterocycles. The van der Waals surface area contributed by atoms with Crippen molar-refractivity contribution < 1.29 is 4.39 Å². The molecule has 0 saturated carbocycles. The van der Waals surface area contributed by atoms with Gasteiger partial charge in [0.25, 0.3) is 0 Å². The van der Waals surface area contributed by atoms with E-state index in [0.29, 0.717) is 13.1 Å². The molecule has 2 aromatic carbocycles. The molecule has 0 bridgehead atoms. The van der Waals surface area contributed by atoms with Crippen molar-refractivity contribution in [1.82, 2.24) is 20.3 Å². The van der Waals surface area contributed by atoms with E-state index in [1.54, 1.807) is 16.9 Å². The van der Waals surface area contributed by atoms with Crippen molar-refractivity contribution in [2.45, 2.75) is 32.9 Å². The second-order valence-electron chi connectivity index (χ2n) is 6.05. The van der Waals surface area contributed by atoms with Crippen molar-refractivity contribution in [2.24, 2.45) is 0 Å². The van der Waals surface area contributed by atoms with E-state index in [0.717, 1.165) is 41.9 Å². The first-order valence-electron chi connectivity index (χ1n) is 8.71. The Labute approximate surface area is 147 Å². The summed E-state index contributed by atoms with van der Waals surface area (Å²) in [4.78, 5) is 1.69. The van der Waals surface area contributed by atoms with Gasteiger partial charge in [0.1, 0.15) is 17.2 Å². The number of nitrogens with one attached hydrogen (secondary N) is 1. The van der Waals surface area contributed by atoms with Gasteiger partial charge >= 0.3 is 0 Å². The number of halogens is 1. The Kier molecular flexibility index (Phi) is 5.90. The first-order valence-corrected chi connectivity index (χ1v) is 8.71. The fourth-order valence-electron chi connectivity index (χ4n) is 2.65. The predicted octanol–water partition coefficient (Wildman–Crippen LogP) is 4.02.